The number of anilines is 1. The number of carbonyl (C=O) groups excluding carboxylic acids is 3. The van der Waals surface area contributed by atoms with Gasteiger partial charge in [0.25, 0.3) is 5.91 Å². The minimum atomic E-state index is -0.605. The second kappa shape index (κ2) is 8.60. The van der Waals surface area contributed by atoms with Crippen LogP contribution in [0.1, 0.15) is 49.6 Å². The summed E-state index contributed by atoms with van der Waals surface area (Å²) in [5.41, 5.74) is 3.21. The van der Waals surface area contributed by atoms with Gasteiger partial charge in [0.2, 0.25) is 5.78 Å². The molecule has 3 rings (SSSR count). The van der Waals surface area contributed by atoms with Gasteiger partial charge in [0.15, 0.2) is 12.4 Å². The van der Waals surface area contributed by atoms with Gasteiger partial charge in [-0.2, -0.15) is 0 Å². The van der Waals surface area contributed by atoms with E-state index < -0.39 is 5.97 Å². The number of esters is 1. The van der Waals surface area contributed by atoms with E-state index in [-0.39, 0.29) is 29.6 Å². The van der Waals surface area contributed by atoms with E-state index in [9.17, 15) is 14.4 Å². The molecule has 7 nitrogen and oxygen atoms in total. The van der Waals surface area contributed by atoms with Gasteiger partial charge in [0.1, 0.15) is 0 Å². The summed E-state index contributed by atoms with van der Waals surface area (Å²) in [5, 5.41) is 2.66. The number of amides is 1. The second-order valence-corrected chi connectivity index (χ2v) is 6.54. The van der Waals surface area contributed by atoms with Crippen LogP contribution in [0.5, 0.6) is 0 Å². The van der Waals surface area contributed by atoms with Crippen molar-refractivity contribution in [3.8, 4) is 0 Å². The van der Waals surface area contributed by atoms with Gasteiger partial charge < -0.3 is 19.0 Å². The molecule has 150 valence electrons. The van der Waals surface area contributed by atoms with E-state index in [4.69, 9.17) is 9.15 Å². The standard InChI is InChI=1S/C22H22N2O5/c1-4-24-14(2)12-18(15(24)3)19(25)13-29-22(27)16-7-9-17(10-8-16)23-21(26)20-6-5-11-28-20/h5-12H,4,13H2,1-3H3,(H,23,26). The zero-order chi connectivity index (χ0) is 21.0. The summed E-state index contributed by atoms with van der Waals surface area (Å²) in [6.07, 6.45) is 1.41. The van der Waals surface area contributed by atoms with E-state index in [0.29, 0.717) is 11.3 Å². The minimum Gasteiger partial charge on any atom is -0.459 e. The topological polar surface area (TPSA) is 90.5 Å². The van der Waals surface area contributed by atoms with Crippen LogP contribution >= 0.6 is 0 Å². The van der Waals surface area contributed by atoms with Crippen LogP contribution in [0.2, 0.25) is 0 Å². The summed E-state index contributed by atoms with van der Waals surface area (Å²) in [4.78, 5) is 36.6. The van der Waals surface area contributed by atoms with Crippen molar-refractivity contribution in [2.45, 2.75) is 27.3 Å². The number of rotatable bonds is 7. The lowest BCUT2D eigenvalue weighted by Gasteiger charge is -2.07. The van der Waals surface area contributed by atoms with Crippen LogP contribution in [0.15, 0.2) is 53.1 Å². The number of carbonyl (C=O) groups is 3. The normalized spacial score (nSPS) is 10.6. The summed E-state index contributed by atoms with van der Waals surface area (Å²) in [6.45, 7) is 6.26. The quantitative estimate of drug-likeness (QED) is 0.483. The van der Waals surface area contributed by atoms with Crippen LogP contribution in [0.3, 0.4) is 0 Å². The predicted octanol–water partition coefficient (Wildman–Crippen LogP) is 4.01. The SMILES string of the molecule is CCn1c(C)cc(C(=O)COC(=O)c2ccc(NC(=O)c3ccco3)cc2)c1C. The summed E-state index contributed by atoms with van der Waals surface area (Å²) < 4.78 is 12.2. The molecule has 0 fully saturated rings. The van der Waals surface area contributed by atoms with E-state index >= 15 is 0 Å². The molecule has 0 aliphatic rings. The van der Waals surface area contributed by atoms with E-state index in [1.165, 1.54) is 18.4 Å². The molecule has 3 aromatic rings. The molecule has 0 bridgehead atoms. The first-order valence-electron chi connectivity index (χ1n) is 9.22. The third-order valence-electron chi connectivity index (χ3n) is 4.65. The number of Topliss-reactive ketones (excluding diaryl/α,β-unsaturated/α-hetero) is 1. The van der Waals surface area contributed by atoms with E-state index in [1.807, 2.05) is 31.4 Å². The maximum atomic E-state index is 12.4. The molecular formula is C22H22N2O5. The molecule has 0 atom stereocenters. The molecule has 2 heterocycles. The average Bonchev–Trinajstić information content (AvgIpc) is 3.34. The van der Waals surface area contributed by atoms with E-state index in [1.54, 1.807) is 24.3 Å². The fourth-order valence-corrected chi connectivity index (χ4v) is 3.15. The van der Waals surface area contributed by atoms with Crippen molar-refractivity contribution in [1.29, 1.82) is 0 Å². The zero-order valence-electron chi connectivity index (χ0n) is 16.5. The monoisotopic (exact) mass is 394 g/mol. The number of nitrogens with zero attached hydrogens (tertiary/aromatic N) is 1. The molecule has 7 heteroatoms. The molecule has 1 amide bonds. The van der Waals surface area contributed by atoms with Crippen LogP contribution in [-0.2, 0) is 11.3 Å². The van der Waals surface area contributed by atoms with Gasteiger partial charge in [0.05, 0.1) is 11.8 Å². The highest BCUT2D eigenvalue weighted by Crippen LogP contribution is 2.17. The molecule has 0 saturated heterocycles. The molecular weight excluding hydrogens is 372 g/mol. The Labute approximate surface area is 168 Å². The number of benzene rings is 1. The Balaban J connectivity index is 1.58. The lowest BCUT2D eigenvalue weighted by atomic mass is 10.1. The molecule has 2 aromatic heterocycles. The summed E-state index contributed by atoms with van der Waals surface area (Å²) in [7, 11) is 0. The number of ketones is 1. The third kappa shape index (κ3) is 4.45. The first-order valence-corrected chi connectivity index (χ1v) is 9.22. The maximum absolute atomic E-state index is 12.4. The number of ether oxygens (including phenoxy) is 1. The fourth-order valence-electron chi connectivity index (χ4n) is 3.15. The highest BCUT2D eigenvalue weighted by atomic mass is 16.5. The van der Waals surface area contributed by atoms with Crippen LogP contribution < -0.4 is 5.32 Å². The zero-order valence-corrected chi connectivity index (χ0v) is 16.5. The van der Waals surface area contributed by atoms with E-state index in [2.05, 4.69) is 5.32 Å². The number of nitrogens with one attached hydrogen (secondary N) is 1. The fraction of sp³-hybridized carbons (Fsp3) is 0.227. The van der Waals surface area contributed by atoms with Crippen molar-refractivity contribution in [1.82, 2.24) is 4.57 Å². The number of hydrogen-bond acceptors (Lipinski definition) is 5. The molecule has 1 N–H and O–H groups in total. The molecule has 29 heavy (non-hydrogen) atoms. The van der Waals surface area contributed by atoms with Crippen molar-refractivity contribution in [2.75, 3.05) is 11.9 Å². The number of hydrogen-bond donors (Lipinski definition) is 1. The second-order valence-electron chi connectivity index (χ2n) is 6.54. The summed E-state index contributed by atoms with van der Waals surface area (Å²) in [6, 6.07) is 11.2. The molecule has 0 aliphatic heterocycles. The summed E-state index contributed by atoms with van der Waals surface area (Å²) >= 11 is 0. The van der Waals surface area contributed by atoms with Crippen LogP contribution in [0.25, 0.3) is 0 Å². The van der Waals surface area contributed by atoms with Crippen molar-refractivity contribution in [2.24, 2.45) is 0 Å². The van der Waals surface area contributed by atoms with Gasteiger partial charge in [-0.25, -0.2) is 4.79 Å². The lowest BCUT2D eigenvalue weighted by Crippen LogP contribution is -2.15. The van der Waals surface area contributed by atoms with Gasteiger partial charge in [-0.05, 0) is 63.2 Å². The predicted molar refractivity (Wildman–Crippen MR) is 107 cm³/mol. The largest absolute Gasteiger partial charge is 0.459 e. The van der Waals surface area contributed by atoms with Crippen molar-refractivity contribution < 1.29 is 23.5 Å². The third-order valence-corrected chi connectivity index (χ3v) is 4.65. The van der Waals surface area contributed by atoms with Gasteiger partial charge in [-0.1, -0.05) is 0 Å². The average molecular weight is 394 g/mol. The Bertz CT molecular complexity index is 1030. The molecule has 0 spiro atoms. The van der Waals surface area contributed by atoms with Gasteiger partial charge >= 0.3 is 5.97 Å². The lowest BCUT2D eigenvalue weighted by molar-refractivity contribution is 0.0474. The minimum absolute atomic E-state index is 0.189. The molecule has 0 radical (unpaired) electrons. The van der Waals surface area contributed by atoms with Crippen molar-refractivity contribution >= 4 is 23.3 Å². The smallest absolute Gasteiger partial charge is 0.338 e. The summed E-state index contributed by atoms with van der Waals surface area (Å²) in [5.74, 6) is -1.05. The Morgan fingerprint density at radius 1 is 1.10 bits per heavy atom. The van der Waals surface area contributed by atoms with Crippen LogP contribution in [-0.4, -0.2) is 28.8 Å². The molecule has 0 saturated carbocycles. The van der Waals surface area contributed by atoms with Gasteiger partial charge in [0, 0.05) is 29.2 Å². The number of aromatic nitrogens is 1. The Morgan fingerprint density at radius 2 is 1.83 bits per heavy atom. The first-order chi connectivity index (χ1) is 13.9. The highest BCUT2D eigenvalue weighted by molar-refractivity contribution is 6.03. The highest BCUT2D eigenvalue weighted by Gasteiger charge is 2.17. The van der Waals surface area contributed by atoms with Crippen molar-refractivity contribution in [3.63, 3.8) is 0 Å². The van der Waals surface area contributed by atoms with Crippen molar-refractivity contribution in [3.05, 3.63) is 77.0 Å². The van der Waals surface area contributed by atoms with Gasteiger partial charge in [-0.15, -0.1) is 0 Å². The number of aryl methyl sites for hydroxylation is 1. The first kappa shape index (κ1) is 20.1. The van der Waals surface area contributed by atoms with Gasteiger partial charge in [-0.3, -0.25) is 9.59 Å². The van der Waals surface area contributed by atoms with Crippen LogP contribution in [0, 0.1) is 13.8 Å². The Morgan fingerprint density at radius 3 is 2.41 bits per heavy atom. The Hall–Kier alpha value is -3.61. The molecule has 0 aliphatic carbocycles. The molecule has 0 unspecified atom stereocenters. The Kier molecular flexibility index (Phi) is 5.97. The van der Waals surface area contributed by atoms with E-state index in [0.717, 1.165) is 17.9 Å². The maximum Gasteiger partial charge on any atom is 0.338 e. The number of furan rings is 1. The van der Waals surface area contributed by atoms with Crippen LogP contribution in [0.4, 0.5) is 5.69 Å². The molecule has 1 aromatic carbocycles.